The monoisotopic (exact) mass is 269 g/mol. The Hall–Kier alpha value is -2.43. The van der Waals surface area contributed by atoms with Gasteiger partial charge >= 0.3 is 0 Å². The van der Waals surface area contributed by atoms with Gasteiger partial charge in [-0.25, -0.2) is 4.98 Å². The molecule has 0 spiro atoms. The zero-order valence-electron chi connectivity index (χ0n) is 11.4. The fourth-order valence-electron chi connectivity index (χ4n) is 2.66. The molecule has 0 unspecified atom stereocenters. The van der Waals surface area contributed by atoms with Crippen LogP contribution in [0.15, 0.2) is 29.1 Å². The predicted octanol–water partition coefficient (Wildman–Crippen LogP) is 1.86. The van der Waals surface area contributed by atoms with Crippen LogP contribution in [0, 0.1) is 13.8 Å². The van der Waals surface area contributed by atoms with E-state index in [0.717, 1.165) is 11.1 Å². The summed E-state index contributed by atoms with van der Waals surface area (Å²) in [7, 11) is 0. The van der Waals surface area contributed by atoms with Crippen LogP contribution in [0.3, 0.4) is 0 Å². The second kappa shape index (κ2) is 4.59. The third-order valence-corrected chi connectivity index (χ3v) is 3.51. The van der Waals surface area contributed by atoms with Crippen LogP contribution >= 0.6 is 0 Å². The summed E-state index contributed by atoms with van der Waals surface area (Å²) in [4.78, 5) is 31.0. The molecule has 5 heteroatoms. The largest absolute Gasteiger partial charge is 0.310 e. The van der Waals surface area contributed by atoms with E-state index in [0.29, 0.717) is 17.2 Å². The Bertz CT molecular complexity index is 749. The first-order valence-corrected chi connectivity index (χ1v) is 6.52. The minimum Gasteiger partial charge on any atom is -0.310 e. The van der Waals surface area contributed by atoms with Crippen LogP contribution in [0.1, 0.15) is 34.9 Å². The Balaban J connectivity index is 2.20. The zero-order chi connectivity index (χ0) is 14.3. The van der Waals surface area contributed by atoms with Crippen LogP contribution in [-0.4, -0.2) is 15.9 Å². The molecule has 1 aromatic heterocycles. The third-order valence-electron chi connectivity index (χ3n) is 3.51. The van der Waals surface area contributed by atoms with Crippen molar-refractivity contribution in [2.45, 2.75) is 26.2 Å². The van der Waals surface area contributed by atoms with Crippen molar-refractivity contribution in [3.05, 3.63) is 57.1 Å². The van der Waals surface area contributed by atoms with E-state index in [-0.39, 0.29) is 23.8 Å². The first kappa shape index (κ1) is 12.6. The second-order valence-corrected chi connectivity index (χ2v) is 5.13. The summed E-state index contributed by atoms with van der Waals surface area (Å²) in [6.07, 6.45) is 0.268. The van der Waals surface area contributed by atoms with Gasteiger partial charge in [-0.15, -0.1) is 0 Å². The fourth-order valence-corrected chi connectivity index (χ4v) is 2.66. The Morgan fingerprint density at radius 2 is 2.05 bits per heavy atom. The molecule has 2 N–H and O–H groups in total. The van der Waals surface area contributed by atoms with Crippen molar-refractivity contribution in [1.82, 2.24) is 9.97 Å². The molecule has 1 amide bonds. The molecule has 0 fully saturated rings. The molecule has 3 rings (SSSR count). The van der Waals surface area contributed by atoms with Crippen molar-refractivity contribution in [2.75, 3.05) is 5.32 Å². The van der Waals surface area contributed by atoms with Crippen molar-refractivity contribution in [3.63, 3.8) is 0 Å². The van der Waals surface area contributed by atoms with Crippen molar-refractivity contribution in [1.29, 1.82) is 0 Å². The lowest BCUT2D eigenvalue weighted by molar-refractivity contribution is -0.116. The molecule has 0 saturated carbocycles. The predicted molar refractivity (Wildman–Crippen MR) is 75.9 cm³/mol. The number of H-pyrrole nitrogens is 1. The number of amides is 1. The van der Waals surface area contributed by atoms with Crippen molar-refractivity contribution >= 4 is 11.7 Å². The summed E-state index contributed by atoms with van der Waals surface area (Å²) < 4.78 is 0. The van der Waals surface area contributed by atoms with E-state index in [2.05, 4.69) is 15.3 Å². The number of nitrogens with one attached hydrogen (secondary N) is 2. The lowest BCUT2D eigenvalue weighted by atomic mass is 9.86. The van der Waals surface area contributed by atoms with Crippen LogP contribution in [0.4, 0.5) is 5.82 Å². The highest BCUT2D eigenvalue weighted by atomic mass is 16.2. The first-order valence-electron chi connectivity index (χ1n) is 6.52. The van der Waals surface area contributed by atoms with Crippen LogP contribution < -0.4 is 10.9 Å². The highest BCUT2D eigenvalue weighted by Crippen LogP contribution is 2.33. The summed E-state index contributed by atoms with van der Waals surface area (Å²) in [5.74, 6) is 0.532. The number of aromatic amines is 1. The van der Waals surface area contributed by atoms with Gasteiger partial charge in [0, 0.05) is 12.3 Å². The van der Waals surface area contributed by atoms with E-state index in [1.807, 2.05) is 31.2 Å². The number of aromatic nitrogens is 2. The second-order valence-electron chi connectivity index (χ2n) is 5.13. The number of nitrogens with zero attached hydrogens (tertiary/aromatic N) is 1. The minimum absolute atomic E-state index is 0.110. The fraction of sp³-hybridized carbons (Fsp3) is 0.267. The number of anilines is 1. The number of benzene rings is 1. The number of rotatable bonds is 1. The molecule has 1 atom stereocenters. The maximum Gasteiger partial charge on any atom is 0.256 e. The van der Waals surface area contributed by atoms with E-state index in [4.69, 9.17) is 0 Å². The molecule has 0 aliphatic carbocycles. The highest BCUT2D eigenvalue weighted by molar-refractivity contribution is 5.94. The Morgan fingerprint density at radius 3 is 2.80 bits per heavy atom. The molecular formula is C15H15N3O2. The van der Waals surface area contributed by atoms with Crippen LogP contribution in [0.2, 0.25) is 0 Å². The molecule has 1 aliphatic heterocycles. The van der Waals surface area contributed by atoms with E-state index in [9.17, 15) is 9.59 Å². The van der Waals surface area contributed by atoms with Gasteiger partial charge in [0.1, 0.15) is 11.6 Å². The van der Waals surface area contributed by atoms with Gasteiger partial charge in [-0.1, -0.05) is 29.8 Å². The molecule has 0 saturated heterocycles. The average Bonchev–Trinajstić information content (AvgIpc) is 2.36. The first-order chi connectivity index (χ1) is 9.54. The molecule has 1 aromatic carbocycles. The van der Waals surface area contributed by atoms with Crippen LogP contribution in [0.5, 0.6) is 0 Å². The quantitative estimate of drug-likeness (QED) is 0.829. The van der Waals surface area contributed by atoms with Gasteiger partial charge in [0.05, 0.1) is 5.56 Å². The summed E-state index contributed by atoms with van der Waals surface area (Å²) in [6.45, 7) is 3.69. The van der Waals surface area contributed by atoms with Crippen molar-refractivity contribution in [2.24, 2.45) is 0 Å². The van der Waals surface area contributed by atoms with Gasteiger partial charge in [-0.05, 0) is 19.4 Å². The SMILES string of the molecule is Cc1cccc([C@H]2CC(=O)Nc3nc(C)[nH]c(=O)c32)c1. The molecule has 0 bridgehead atoms. The normalized spacial score (nSPS) is 17.5. The summed E-state index contributed by atoms with van der Waals surface area (Å²) in [5, 5.41) is 2.69. The number of carbonyl (C=O) groups excluding carboxylic acids is 1. The number of carbonyl (C=O) groups is 1. The third kappa shape index (κ3) is 2.11. The topological polar surface area (TPSA) is 74.8 Å². The lowest BCUT2D eigenvalue weighted by Crippen LogP contribution is -2.31. The van der Waals surface area contributed by atoms with Gasteiger partial charge in [0.25, 0.3) is 5.56 Å². The number of fused-ring (bicyclic) bond motifs is 1. The van der Waals surface area contributed by atoms with Gasteiger partial charge in [-0.3, -0.25) is 9.59 Å². The van der Waals surface area contributed by atoms with E-state index in [1.165, 1.54) is 0 Å². The van der Waals surface area contributed by atoms with Gasteiger partial charge in [0.15, 0.2) is 0 Å². The van der Waals surface area contributed by atoms with Gasteiger partial charge < -0.3 is 10.3 Å². The molecule has 0 radical (unpaired) electrons. The van der Waals surface area contributed by atoms with Crippen LogP contribution in [0.25, 0.3) is 0 Å². The molecule has 1 aliphatic rings. The maximum absolute atomic E-state index is 12.2. The number of aryl methyl sites for hydroxylation is 2. The molecule has 20 heavy (non-hydrogen) atoms. The van der Waals surface area contributed by atoms with E-state index < -0.39 is 0 Å². The van der Waals surface area contributed by atoms with Crippen molar-refractivity contribution < 1.29 is 4.79 Å². The average molecular weight is 269 g/mol. The standard InChI is InChI=1S/C15H15N3O2/c1-8-4-3-5-10(6-8)11-7-12(19)18-14-13(11)15(20)17-9(2)16-14/h3-6,11H,7H2,1-2H3,(H2,16,17,18,19,20)/t11-/m1/s1. The Labute approximate surface area is 116 Å². The molecule has 2 heterocycles. The summed E-state index contributed by atoms with van der Waals surface area (Å²) in [5.41, 5.74) is 2.43. The molecule has 102 valence electrons. The highest BCUT2D eigenvalue weighted by Gasteiger charge is 2.30. The number of hydrogen-bond acceptors (Lipinski definition) is 3. The summed E-state index contributed by atoms with van der Waals surface area (Å²) in [6, 6.07) is 7.88. The summed E-state index contributed by atoms with van der Waals surface area (Å²) >= 11 is 0. The molecule has 5 nitrogen and oxygen atoms in total. The zero-order valence-corrected chi connectivity index (χ0v) is 11.4. The maximum atomic E-state index is 12.2. The van der Waals surface area contributed by atoms with Crippen LogP contribution in [-0.2, 0) is 4.79 Å². The lowest BCUT2D eigenvalue weighted by Gasteiger charge is -2.24. The van der Waals surface area contributed by atoms with E-state index in [1.54, 1.807) is 6.92 Å². The van der Waals surface area contributed by atoms with Gasteiger partial charge in [0.2, 0.25) is 5.91 Å². The number of hydrogen-bond donors (Lipinski definition) is 2. The Morgan fingerprint density at radius 1 is 1.25 bits per heavy atom. The minimum atomic E-state index is -0.240. The molecular weight excluding hydrogens is 254 g/mol. The van der Waals surface area contributed by atoms with E-state index >= 15 is 0 Å². The Kier molecular flexibility index (Phi) is 2.89. The smallest absolute Gasteiger partial charge is 0.256 e. The van der Waals surface area contributed by atoms with Gasteiger partial charge in [-0.2, -0.15) is 0 Å². The molecule has 2 aromatic rings. The van der Waals surface area contributed by atoms with Crippen molar-refractivity contribution in [3.8, 4) is 0 Å².